The van der Waals surface area contributed by atoms with E-state index < -0.39 is 23.9 Å². The number of methoxy groups -OCH3 is 1. The number of allylic oxidation sites excluding steroid dienone is 1. The monoisotopic (exact) mass is 506 g/mol. The molecule has 11 heteroatoms. The molecule has 0 bridgehead atoms. The standard InChI is InChI=1S/C23H24ClFN4O4S/c1-13-19(21(30)33-10-9-32-3)20(28-23(34)29(13)2)14-5-4-6-15(11-14)26-22(31)27-16-7-8-18(25)17(24)12-16/h4-8,11-12,20H,9-10H2,1-3H3,(H,28,34)(H2,26,27,31). The second-order valence-electron chi connectivity index (χ2n) is 7.40. The average molecular weight is 507 g/mol. The Balaban J connectivity index is 1.81. The number of esters is 1. The fourth-order valence-electron chi connectivity index (χ4n) is 3.31. The van der Waals surface area contributed by atoms with Gasteiger partial charge in [-0.05, 0) is 55.0 Å². The van der Waals surface area contributed by atoms with Crippen LogP contribution >= 0.6 is 23.8 Å². The van der Waals surface area contributed by atoms with Crippen LogP contribution in [-0.2, 0) is 14.3 Å². The number of urea groups is 1. The predicted molar refractivity (Wildman–Crippen MR) is 132 cm³/mol. The first kappa shape index (κ1) is 25.4. The number of hydrogen-bond donors (Lipinski definition) is 3. The van der Waals surface area contributed by atoms with Crippen molar-refractivity contribution in [2.45, 2.75) is 13.0 Å². The van der Waals surface area contributed by atoms with Crippen LogP contribution in [0.4, 0.5) is 20.6 Å². The summed E-state index contributed by atoms with van der Waals surface area (Å²) in [7, 11) is 3.28. The quantitative estimate of drug-likeness (QED) is 0.290. The number of benzene rings is 2. The van der Waals surface area contributed by atoms with Gasteiger partial charge in [0.05, 0.1) is 23.2 Å². The molecule has 1 atom stereocenters. The first-order chi connectivity index (χ1) is 16.2. The highest BCUT2D eigenvalue weighted by molar-refractivity contribution is 7.80. The molecule has 2 aromatic carbocycles. The fourth-order valence-corrected chi connectivity index (χ4v) is 3.74. The largest absolute Gasteiger partial charge is 0.460 e. The van der Waals surface area contributed by atoms with E-state index >= 15 is 0 Å². The molecule has 0 radical (unpaired) electrons. The maximum Gasteiger partial charge on any atom is 0.338 e. The van der Waals surface area contributed by atoms with Crippen molar-refractivity contribution >= 4 is 52.3 Å². The molecule has 1 heterocycles. The Morgan fingerprint density at radius 3 is 2.56 bits per heavy atom. The summed E-state index contributed by atoms with van der Waals surface area (Å²) in [5, 5.41) is 8.81. The summed E-state index contributed by atoms with van der Waals surface area (Å²) in [6.07, 6.45) is 0. The lowest BCUT2D eigenvalue weighted by Gasteiger charge is -2.35. The topological polar surface area (TPSA) is 91.9 Å². The van der Waals surface area contributed by atoms with Crippen molar-refractivity contribution in [2.75, 3.05) is 38.0 Å². The molecule has 8 nitrogen and oxygen atoms in total. The van der Waals surface area contributed by atoms with E-state index in [0.29, 0.717) is 33.3 Å². The first-order valence-corrected chi connectivity index (χ1v) is 11.0. The van der Waals surface area contributed by atoms with Crippen molar-refractivity contribution in [3.63, 3.8) is 0 Å². The molecular formula is C23H24ClFN4O4S. The van der Waals surface area contributed by atoms with E-state index in [1.807, 2.05) is 6.07 Å². The van der Waals surface area contributed by atoms with Gasteiger partial charge in [-0.2, -0.15) is 0 Å². The smallest absolute Gasteiger partial charge is 0.338 e. The molecule has 3 N–H and O–H groups in total. The number of nitrogens with zero attached hydrogens (tertiary/aromatic N) is 1. The third kappa shape index (κ3) is 6.02. The highest BCUT2D eigenvalue weighted by Gasteiger charge is 2.33. The van der Waals surface area contributed by atoms with E-state index in [9.17, 15) is 14.0 Å². The Hall–Kier alpha value is -3.21. The first-order valence-electron chi connectivity index (χ1n) is 10.2. The number of thiocarbonyl (C=S) groups is 1. The van der Waals surface area contributed by atoms with Crippen LogP contribution in [0.3, 0.4) is 0 Å². The molecule has 0 saturated heterocycles. The van der Waals surface area contributed by atoms with Gasteiger partial charge in [0.1, 0.15) is 12.4 Å². The number of ether oxygens (including phenoxy) is 2. The SMILES string of the molecule is COCCOC(=O)C1=C(C)N(C)C(=S)NC1c1cccc(NC(=O)Nc2ccc(F)c(Cl)c2)c1. The molecule has 2 aromatic rings. The molecule has 0 aliphatic carbocycles. The number of hydrogen-bond acceptors (Lipinski definition) is 5. The highest BCUT2D eigenvalue weighted by atomic mass is 35.5. The Bertz CT molecular complexity index is 1140. The van der Waals surface area contributed by atoms with Gasteiger partial charge in [-0.1, -0.05) is 23.7 Å². The lowest BCUT2D eigenvalue weighted by Crippen LogP contribution is -2.46. The third-order valence-corrected chi connectivity index (χ3v) is 5.83. The molecule has 180 valence electrons. The van der Waals surface area contributed by atoms with Gasteiger partial charge in [-0.3, -0.25) is 0 Å². The molecule has 2 amide bonds. The maximum atomic E-state index is 13.3. The average Bonchev–Trinajstić information content (AvgIpc) is 2.80. The van der Waals surface area contributed by atoms with Crippen molar-refractivity contribution in [3.05, 3.63) is 70.1 Å². The van der Waals surface area contributed by atoms with Crippen LogP contribution in [0, 0.1) is 5.82 Å². The second kappa shape index (κ2) is 11.3. The van der Waals surface area contributed by atoms with Crippen molar-refractivity contribution in [3.8, 4) is 0 Å². The molecular weight excluding hydrogens is 483 g/mol. The third-order valence-electron chi connectivity index (χ3n) is 5.15. The van der Waals surface area contributed by atoms with E-state index in [1.54, 1.807) is 37.1 Å². The summed E-state index contributed by atoms with van der Waals surface area (Å²) in [4.78, 5) is 27.0. The molecule has 1 aliphatic heterocycles. The van der Waals surface area contributed by atoms with Gasteiger partial charge in [-0.15, -0.1) is 0 Å². The van der Waals surface area contributed by atoms with Crippen LogP contribution in [0.1, 0.15) is 18.5 Å². The molecule has 34 heavy (non-hydrogen) atoms. The van der Waals surface area contributed by atoms with Crippen LogP contribution in [0.25, 0.3) is 0 Å². The Labute approximate surface area is 207 Å². The number of carbonyl (C=O) groups excluding carboxylic acids is 2. The summed E-state index contributed by atoms with van der Waals surface area (Å²) >= 11 is 11.2. The van der Waals surface area contributed by atoms with Crippen LogP contribution < -0.4 is 16.0 Å². The Kier molecular flexibility index (Phi) is 8.43. The van der Waals surface area contributed by atoms with Crippen LogP contribution in [0.2, 0.25) is 5.02 Å². The van der Waals surface area contributed by atoms with Gasteiger partial charge < -0.3 is 30.3 Å². The number of rotatable bonds is 7. The summed E-state index contributed by atoms with van der Waals surface area (Å²) in [6, 6.07) is 9.71. The van der Waals surface area contributed by atoms with Gasteiger partial charge >= 0.3 is 12.0 Å². The minimum Gasteiger partial charge on any atom is -0.460 e. The second-order valence-corrected chi connectivity index (χ2v) is 8.20. The predicted octanol–water partition coefficient (Wildman–Crippen LogP) is 4.45. The number of carbonyl (C=O) groups is 2. The van der Waals surface area contributed by atoms with Gasteiger partial charge in [0, 0.05) is 31.2 Å². The summed E-state index contributed by atoms with van der Waals surface area (Å²) in [5.41, 5.74) is 2.55. The van der Waals surface area contributed by atoms with E-state index in [2.05, 4.69) is 16.0 Å². The summed E-state index contributed by atoms with van der Waals surface area (Å²) in [5.74, 6) is -1.07. The summed E-state index contributed by atoms with van der Waals surface area (Å²) in [6.45, 7) is 2.18. The fraction of sp³-hybridized carbons (Fsp3) is 0.261. The Morgan fingerprint density at radius 2 is 1.88 bits per heavy atom. The number of nitrogens with one attached hydrogen (secondary N) is 3. The van der Waals surface area contributed by atoms with Crippen molar-refractivity contribution in [1.29, 1.82) is 0 Å². The normalized spacial score (nSPS) is 15.6. The van der Waals surface area contributed by atoms with Gasteiger partial charge in [0.25, 0.3) is 0 Å². The van der Waals surface area contributed by atoms with Gasteiger partial charge in [0.2, 0.25) is 0 Å². The zero-order valence-electron chi connectivity index (χ0n) is 18.8. The highest BCUT2D eigenvalue weighted by Crippen LogP contribution is 2.32. The van der Waals surface area contributed by atoms with Gasteiger partial charge in [-0.25, -0.2) is 14.0 Å². The molecule has 3 rings (SSSR count). The van der Waals surface area contributed by atoms with E-state index in [0.717, 1.165) is 6.07 Å². The summed E-state index contributed by atoms with van der Waals surface area (Å²) < 4.78 is 23.6. The van der Waals surface area contributed by atoms with Crippen LogP contribution in [0.15, 0.2) is 53.7 Å². The van der Waals surface area contributed by atoms with E-state index in [1.165, 1.54) is 19.2 Å². The molecule has 0 aromatic heterocycles. The van der Waals surface area contributed by atoms with Crippen molar-refractivity contribution in [1.82, 2.24) is 10.2 Å². The molecule has 1 unspecified atom stereocenters. The van der Waals surface area contributed by atoms with Crippen LogP contribution in [-0.4, -0.2) is 49.4 Å². The maximum absolute atomic E-state index is 13.3. The van der Waals surface area contributed by atoms with Crippen molar-refractivity contribution in [2.24, 2.45) is 0 Å². The molecule has 0 fully saturated rings. The van der Waals surface area contributed by atoms with Gasteiger partial charge in [0.15, 0.2) is 5.11 Å². The molecule has 1 aliphatic rings. The van der Waals surface area contributed by atoms with Crippen molar-refractivity contribution < 1.29 is 23.5 Å². The van der Waals surface area contributed by atoms with E-state index in [-0.39, 0.29) is 18.2 Å². The van der Waals surface area contributed by atoms with Crippen LogP contribution in [0.5, 0.6) is 0 Å². The zero-order valence-corrected chi connectivity index (χ0v) is 20.3. The molecule has 0 saturated carbocycles. The lowest BCUT2D eigenvalue weighted by molar-refractivity contribution is -0.140. The minimum absolute atomic E-state index is 0.101. The number of anilines is 2. The molecule has 0 spiro atoms. The minimum atomic E-state index is -0.584. The zero-order chi connectivity index (χ0) is 24.8. The van der Waals surface area contributed by atoms with E-state index in [4.69, 9.17) is 33.3 Å². The number of amides is 2. The Morgan fingerprint density at radius 1 is 1.18 bits per heavy atom. The number of halogens is 2. The lowest BCUT2D eigenvalue weighted by atomic mass is 9.95.